The van der Waals surface area contributed by atoms with Crippen LogP contribution in [0.25, 0.3) is 22.2 Å². The smallest absolute Gasteiger partial charge is 0.126 e. The molecular formula is C95H127ClN2O4. The van der Waals surface area contributed by atoms with Gasteiger partial charge in [0.25, 0.3) is 0 Å². The van der Waals surface area contributed by atoms with Gasteiger partial charge in [-0.15, -0.1) is 12.4 Å². The molecule has 10 rings (SSSR count). The van der Waals surface area contributed by atoms with Crippen LogP contribution in [0.4, 0.5) is 11.4 Å². The molecule has 548 valence electrons. The van der Waals surface area contributed by atoms with Crippen LogP contribution in [0, 0.1) is 13.8 Å². The van der Waals surface area contributed by atoms with E-state index in [9.17, 15) is 0 Å². The number of benzene rings is 8. The minimum absolute atomic E-state index is 0. The maximum Gasteiger partial charge on any atom is 0.126 e. The lowest BCUT2D eigenvalue weighted by molar-refractivity contribution is 0.380. The monoisotopic (exact) mass is 1390 g/mol. The van der Waals surface area contributed by atoms with Crippen LogP contribution >= 0.6 is 12.4 Å². The number of ether oxygens (including phenoxy) is 4. The Morgan fingerprint density at radius 2 is 0.500 bits per heavy atom. The second-order valence-corrected chi connectivity index (χ2v) is 38.5. The van der Waals surface area contributed by atoms with Crippen LogP contribution in [0.3, 0.4) is 0 Å². The fourth-order valence-electron chi connectivity index (χ4n) is 16.5. The zero-order valence-electron chi connectivity index (χ0n) is 69.3. The van der Waals surface area contributed by atoms with Gasteiger partial charge in [0.15, 0.2) is 0 Å². The van der Waals surface area contributed by atoms with Crippen molar-refractivity contribution in [1.82, 2.24) is 0 Å². The molecule has 8 aromatic carbocycles. The van der Waals surface area contributed by atoms with E-state index in [1.54, 1.807) is 0 Å². The van der Waals surface area contributed by atoms with Crippen LogP contribution in [0.1, 0.15) is 329 Å². The number of halogens is 1. The molecule has 2 aliphatic rings. The molecule has 0 bridgehead atoms. The maximum atomic E-state index is 6.52. The Balaban J connectivity index is 0.0000121. The van der Waals surface area contributed by atoms with Crippen LogP contribution in [-0.2, 0) is 43.3 Å². The number of aryl methyl sites for hydroxylation is 2. The Bertz CT molecular complexity index is 3910. The topological polar surface area (TPSA) is 43.4 Å². The summed E-state index contributed by atoms with van der Waals surface area (Å²) in [4.78, 5) is 5.60. The SMILES string of the molecule is COc1c(C(C)(C)C)cc([C@@H](C)c2cc(C)cc([C@H](C)c3cc(C(C)(C)C)c(OC)c(C(C)(C)C)c3)c2N2CN(c3c([C@H](C)c4cc(C(C)(C)C)c(OC)c(C(C)(C)C)c4)cc(C)cc3[C@H](C)c3cc(C(C)(C)C)c(OC)c(C(C)(C)C)c3)C3=C2c2cccc4cccc3c24)cc1C(C)(C)C.Cl. The molecule has 102 heavy (non-hydrogen) atoms. The van der Waals surface area contributed by atoms with Gasteiger partial charge in [0.05, 0.1) is 51.2 Å². The Labute approximate surface area is 624 Å². The number of anilines is 2. The second-order valence-electron chi connectivity index (χ2n) is 38.5. The third-order valence-corrected chi connectivity index (χ3v) is 22.2. The van der Waals surface area contributed by atoms with Crippen LogP contribution in [0.15, 0.2) is 109 Å². The molecule has 4 atom stereocenters. The van der Waals surface area contributed by atoms with E-state index in [1.165, 1.54) is 145 Å². The summed E-state index contributed by atoms with van der Waals surface area (Å²) in [6.45, 7) is 71.1. The fraction of sp³-hybridized carbons (Fsp3) is 0.495. The van der Waals surface area contributed by atoms with E-state index in [0.29, 0.717) is 6.67 Å². The summed E-state index contributed by atoms with van der Waals surface area (Å²) < 4.78 is 26.1. The Morgan fingerprint density at radius 3 is 0.676 bits per heavy atom. The van der Waals surface area contributed by atoms with Gasteiger partial charge >= 0.3 is 0 Å². The molecule has 0 amide bonds. The Hall–Kier alpha value is -7.15. The summed E-state index contributed by atoms with van der Waals surface area (Å²) >= 11 is 0. The van der Waals surface area contributed by atoms with E-state index in [-0.39, 0.29) is 79.4 Å². The first-order valence-corrected chi connectivity index (χ1v) is 37.5. The van der Waals surface area contributed by atoms with E-state index >= 15 is 0 Å². The minimum Gasteiger partial charge on any atom is -0.496 e. The molecule has 0 spiro atoms. The van der Waals surface area contributed by atoms with Crippen molar-refractivity contribution in [2.45, 2.75) is 275 Å². The highest BCUT2D eigenvalue weighted by molar-refractivity contribution is 6.21. The lowest BCUT2D eigenvalue weighted by Gasteiger charge is -2.37. The van der Waals surface area contributed by atoms with Crippen molar-refractivity contribution in [2.24, 2.45) is 0 Å². The average Bonchev–Trinajstić information content (AvgIpc) is 1.52. The third-order valence-electron chi connectivity index (χ3n) is 22.2. The first-order chi connectivity index (χ1) is 46.5. The van der Waals surface area contributed by atoms with Crippen molar-refractivity contribution in [1.29, 1.82) is 0 Å². The average molecular weight is 1400 g/mol. The Kier molecular flexibility index (Phi) is 21.2. The lowest BCUT2D eigenvalue weighted by atomic mass is 9.75. The van der Waals surface area contributed by atoms with Crippen molar-refractivity contribution in [3.8, 4) is 23.0 Å². The van der Waals surface area contributed by atoms with Crippen molar-refractivity contribution < 1.29 is 18.9 Å². The normalized spacial score (nSPS) is 15.2. The van der Waals surface area contributed by atoms with Crippen molar-refractivity contribution >= 4 is 45.9 Å². The number of nitrogens with zero attached hydrogens (tertiary/aromatic N) is 2. The minimum atomic E-state index is -0.204. The standard InChI is InChI=1S/C95H126N2O4.ClH/c1-54-41-67(56(3)61-45-71(88(7,8)9)84(98-31)72(46-61)89(10,11)12)80(68(42-54)57(4)62-47-73(90(13,14)15)85(99-32)74(48-62)91(16,17)18)96-53-97(83-66-40-36-38-60-37-35-39-65(79(60)66)82(83)96)81-69(58(5)63-49-75(92(19,20)21)86(100-33)76(50-63)93(22,23)24)43-55(2)44-70(81)59(6)64-51-77(94(25,26)27)87(101-34)78(52-64)95(28,29)30;/h35-52,56-59H,53H2,1-34H3;1H/t56-,57-,58-,59-;/m1./s1. The molecule has 0 unspecified atom stereocenters. The van der Waals surface area contributed by atoms with Gasteiger partial charge < -0.3 is 28.7 Å². The highest BCUT2D eigenvalue weighted by Gasteiger charge is 2.45. The first-order valence-electron chi connectivity index (χ1n) is 37.5. The molecule has 1 aliphatic heterocycles. The molecule has 0 saturated carbocycles. The molecule has 1 aliphatic carbocycles. The largest absolute Gasteiger partial charge is 0.496 e. The molecule has 0 saturated heterocycles. The molecule has 0 radical (unpaired) electrons. The summed E-state index contributed by atoms with van der Waals surface area (Å²) in [7, 11) is 7.42. The van der Waals surface area contributed by atoms with E-state index in [2.05, 4.69) is 327 Å². The van der Waals surface area contributed by atoms with Crippen molar-refractivity contribution in [3.05, 3.63) is 220 Å². The first kappa shape index (κ1) is 79.0. The van der Waals surface area contributed by atoms with E-state index in [4.69, 9.17) is 18.9 Å². The molecule has 0 N–H and O–H groups in total. The zero-order valence-corrected chi connectivity index (χ0v) is 70.2. The van der Waals surface area contributed by atoms with Crippen molar-refractivity contribution in [2.75, 3.05) is 44.9 Å². The predicted octanol–water partition coefficient (Wildman–Crippen LogP) is 26.0. The predicted molar refractivity (Wildman–Crippen MR) is 442 cm³/mol. The summed E-state index contributed by atoms with van der Waals surface area (Å²) in [5.41, 5.74) is 28.4. The highest BCUT2D eigenvalue weighted by atomic mass is 35.5. The van der Waals surface area contributed by atoms with Gasteiger partial charge in [-0.3, -0.25) is 0 Å². The van der Waals surface area contributed by atoms with Crippen LogP contribution in [0.2, 0.25) is 0 Å². The molecular weight excluding hydrogens is 1270 g/mol. The number of methoxy groups -OCH3 is 4. The number of fused-ring (bicyclic) bond motifs is 2. The van der Waals surface area contributed by atoms with Gasteiger partial charge in [-0.1, -0.05) is 314 Å². The van der Waals surface area contributed by atoms with Gasteiger partial charge in [-0.25, -0.2) is 0 Å². The molecule has 8 aromatic rings. The van der Waals surface area contributed by atoms with E-state index in [1.807, 2.05) is 28.4 Å². The summed E-state index contributed by atoms with van der Waals surface area (Å²) in [5, 5.41) is 2.53. The molecule has 0 fully saturated rings. The molecule has 1 heterocycles. The van der Waals surface area contributed by atoms with Crippen LogP contribution in [-0.4, -0.2) is 35.1 Å². The zero-order chi connectivity index (χ0) is 75.0. The lowest BCUT2D eigenvalue weighted by Crippen LogP contribution is -2.32. The summed E-state index contributed by atoms with van der Waals surface area (Å²) in [5.74, 6) is 3.68. The van der Waals surface area contributed by atoms with Gasteiger partial charge in [-0.05, 0) is 107 Å². The van der Waals surface area contributed by atoms with E-state index < -0.39 is 0 Å². The second kappa shape index (κ2) is 27.4. The molecule has 7 heteroatoms. The number of hydrogen-bond acceptors (Lipinski definition) is 6. The van der Waals surface area contributed by atoms with Crippen LogP contribution in [0.5, 0.6) is 23.0 Å². The molecule has 6 nitrogen and oxygen atoms in total. The highest BCUT2D eigenvalue weighted by Crippen LogP contribution is 2.59. The van der Waals surface area contributed by atoms with Gasteiger partial charge in [0, 0.05) is 84.7 Å². The number of rotatable bonds is 14. The number of hydrogen-bond donors (Lipinski definition) is 0. The van der Waals surface area contributed by atoms with E-state index in [0.717, 1.165) is 23.0 Å². The summed E-state index contributed by atoms with van der Waals surface area (Å²) in [6.07, 6.45) is 0. The fourth-order valence-corrected chi connectivity index (χ4v) is 16.5. The van der Waals surface area contributed by atoms with Crippen LogP contribution < -0.4 is 28.7 Å². The molecule has 0 aromatic heterocycles. The quantitative estimate of drug-likeness (QED) is 0.108. The van der Waals surface area contributed by atoms with Gasteiger partial charge in [-0.2, -0.15) is 0 Å². The third kappa shape index (κ3) is 14.4. The maximum absolute atomic E-state index is 6.52. The summed E-state index contributed by atoms with van der Waals surface area (Å²) in [6, 6.07) is 44.0. The van der Waals surface area contributed by atoms with Gasteiger partial charge in [0.1, 0.15) is 29.7 Å². The van der Waals surface area contributed by atoms with Gasteiger partial charge in [0.2, 0.25) is 0 Å². The van der Waals surface area contributed by atoms with Crippen molar-refractivity contribution in [3.63, 3.8) is 0 Å². The Morgan fingerprint density at radius 1 is 0.304 bits per heavy atom.